The standard InChI is InChI=1S/C23H30N4O5S/c1-16-4-3-5-17(12-16)15-24-23(28)20-14-19(25-26-20)18-6-7-21(31-2)22(13-18)33(29,30)27-8-10-32-11-9-27/h3-7,12-13,19-20,25-26H,8-11,14-15H2,1-2H3,(H,24,28). The van der Waals surface area contributed by atoms with Gasteiger partial charge in [-0.05, 0) is 36.6 Å². The fourth-order valence-corrected chi connectivity index (χ4v) is 5.72. The summed E-state index contributed by atoms with van der Waals surface area (Å²) >= 11 is 0. The molecule has 0 radical (unpaired) electrons. The van der Waals surface area contributed by atoms with Crippen molar-refractivity contribution in [3.63, 3.8) is 0 Å². The summed E-state index contributed by atoms with van der Waals surface area (Å²) in [6.07, 6.45) is 0.489. The van der Waals surface area contributed by atoms with Gasteiger partial charge in [-0.25, -0.2) is 19.3 Å². The van der Waals surface area contributed by atoms with Crippen molar-refractivity contribution < 1.29 is 22.7 Å². The summed E-state index contributed by atoms with van der Waals surface area (Å²) in [7, 11) is -2.27. The van der Waals surface area contributed by atoms with Gasteiger partial charge in [0.15, 0.2) is 0 Å². The van der Waals surface area contributed by atoms with Crippen LogP contribution >= 0.6 is 0 Å². The molecule has 2 saturated heterocycles. The predicted octanol–water partition coefficient (Wildman–Crippen LogP) is 1.25. The molecule has 2 unspecified atom stereocenters. The van der Waals surface area contributed by atoms with Gasteiger partial charge in [0.1, 0.15) is 16.7 Å². The maximum atomic E-state index is 13.2. The molecule has 2 heterocycles. The first-order valence-corrected chi connectivity index (χ1v) is 12.4. The van der Waals surface area contributed by atoms with E-state index < -0.39 is 16.1 Å². The summed E-state index contributed by atoms with van der Waals surface area (Å²) in [4.78, 5) is 12.8. The fourth-order valence-electron chi connectivity index (χ4n) is 4.12. The highest BCUT2D eigenvalue weighted by Crippen LogP contribution is 2.32. The molecular formula is C23H30N4O5S. The number of carbonyl (C=O) groups is 1. The van der Waals surface area contributed by atoms with Crippen molar-refractivity contribution in [1.29, 1.82) is 0 Å². The zero-order chi connectivity index (χ0) is 23.4. The van der Waals surface area contributed by atoms with Gasteiger partial charge in [-0.15, -0.1) is 0 Å². The number of carbonyl (C=O) groups excluding carboxylic acids is 1. The second-order valence-electron chi connectivity index (χ2n) is 8.26. The highest BCUT2D eigenvalue weighted by Gasteiger charge is 2.33. The summed E-state index contributed by atoms with van der Waals surface area (Å²) in [6, 6.07) is 12.5. The number of amides is 1. The summed E-state index contributed by atoms with van der Waals surface area (Å²) in [5.74, 6) is 0.185. The molecule has 3 N–H and O–H groups in total. The highest BCUT2D eigenvalue weighted by atomic mass is 32.2. The number of aryl methyl sites for hydroxylation is 1. The van der Waals surface area contributed by atoms with Gasteiger partial charge in [0.2, 0.25) is 15.9 Å². The van der Waals surface area contributed by atoms with E-state index in [1.54, 1.807) is 12.1 Å². The molecule has 2 aliphatic rings. The van der Waals surface area contributed by atoms with E-state index in [2.05, 4.69) is 16.2 Å². The van der Waals surface area contributed by atoms with Crippen LogP contribution < -0.4 is 20.9 Å². The molecule has 9 nitrogen and oxygen atoms in total. The van der Waals surface area contributed by atoms with Crippen LogP contribution in [0, 0.1) is 6.92 Å². The van der Waals surface area contributed by atoms with E-state index in [9.17, 15) is 13.2 Å². The third-order valence-corrected chi connectivity index (χ3v) is 7.87. The Hall–Kier alpha value is -2.50. The Morgan fingerprint density at radius 1 is 1.18 bits per heavy atom. The molecule has 2 aromatic rings. The second kappa shape index (κ2) is 10.2. The van der Waals surface area contributed by atoms with Crippen molar-refractivity contribution in [3.05, 3.63) is 59.2 Å². The van der Waals surface area contributed by atoms with Crippen LogP contribution in [0.4, 0.5) is 0 Å². The topological polar surface area (TPSA) is 109 Å². The van der Waals surface area contributed by atoms with E-state index in [0.29, 0.717) is 45.0 Å². The molecule has 178 valence electrons. The minimum Gasteiger partial charge on any atom is -0.495 e. The van der Waals surface area contributed by atoms with E-state index in [0.717, 1.165) is 16.7 Å². The minimum absolute atomic E-state index is 0.110. The Bertz CT molecular complexity index is 1100. The van der Waals surface area contributed by atoms with Crippen LogP contribution in [0.25, 0.3) is 0 Å². The summed E-state index contributed by atoms with van der Waals surface area (Å²) < 4.78 is 38.5. The molecule has 1 amide bonds. The number of methoxy groups -OCH3 is 1. The van der Waals surface area contributed by atoms with Gasteiger partial charge in [-0.3, -0.25) is 4.79 Å². The fraction of sp³-hybridized carbons (Fsp3) is 0.435. The van der Waals surface area contributed by atoms with E-state index >= 15 is 0 Å². The monoisotopic (exact) mass is 474 g/mol. The summed E-state index contributed by atoms with van der Waals surface area (Å²) in [5, 5.41) is 2.96. The van der Waals surface area contributed by atoms with Crippen LogP contribution in [0.3, 0.4) is 0 Å². The Balaban J connectivity index is 1.45. The van der Waals surface area contributed by atoms with Crippen molar-refractivity contribution in [2.24, 2.45) is 0 Å². The molecule has 0 aromatic heterocycles. The molecule has 0 bridgehead atoms. The zero-order valence-electron chi connectivity index (χ0n) is 18.8. The van der Waals surface area contributed by atoms with Crippen molar-refractivity contribution in [1.82, 2.24) is 20.5 Å². The number of hydrogen-bond donors (Lipinski definition) is 3. The van der Waals surface area contributed by atoms with Crippen molar-refractivity contribution >= 4 is 15.9 Å². The lowest BCUT2D eigenvalue weighted by Crippen LogP contribution is -2.42. The maximum Gasteiger partial charge on any atom is 0.246 e. The summed E-state index contributed by atoms with van der Waals surface area (Å²) in [6.45, 7) is 3.82. The van der Waals surface area contributed by atoms with Crippen LogP contribution in [0.15, 0.2) is 47.4 Å². The minimum atomic E-state index is -3.73. The molecule has 10 heteroatoms. The Kier molecular flexibility index (Phi) is 7.30. The van der Waals surface area contributed by atoms with Crippen molar-refractivity contribution in [3.8, 4) is 5.75 Å². The summed E-state index contributed by atoms with van der Waals surface area (Å²) in [5.41, 5.74) is 9.11. The van der Waals surface area contributed by atoms with Gasteiger partial charge < -0.3 is 14.8 Å². The largest absolute Gasteiger partial charge is 0.495 e. The number of sulfonamides is 1. The van der Waals surface area contributed by atoms with E-state index in [4.69, 9.17) is 9.47 Å². The average molecular weight is 475 g/mol. The Morgan fingerprint density at radius 3 is 2.70 bits per heavy atom. The molecule has 0 aliphatic carbocycles. The van der Waals surface area contributed by atoms with Gasteiger partial charge in [0, 0.05) is 25.7 Å². The molecule has 0 saturated carbocycles. The Morgan fingerprint density at radius 2 is 1.97 bits per heavy atom. The van der Waals surface area contributed by atoms with Crippen LogP contribution in [0.5, 0.6) is 5.75 Å². The van der Waals surface area contributed by atoms with Crippen LogP contribution in [-0.4, -0.2) is 58.1 Å². The lowest BCUT2D eigenvalue weighted by atomic mass is 10.0. The highest BCUT2D eigenvalue weighted by molar-refractivity contribution is 7.89. The first kappa shape index (κ1) is 23.7. The second-order valence-corrected chi connectivity index (χ2v) is 10.2. The maximum absolute atomic E-state index is 13.2. The van der Waals surface area contributed by atoms with Gasteiger partial charge >= 0.3 is 0 Å². The van der Waals surface area contributed by atoms with Crippen molar-refractivity contribution in [2.45, 2.75) is 36.9 Å². The van der Waals surface area contributed by atoms with E-state index in [-0.39, 0.29) is 16.8 Å². The predicted molar refractivity (Wildman–Crippen MR) is 123 cm³/mol. The number of rotatable bonds is 7. The normalized spacial score (nSPS) is 21.6. The quantitative estimate of drug-likeness (QED) is 0.554. The average Bonchev–Trinajstić information content (AvgIpc) is 3.33. The first-order valence-electron chi connectivity index (χ1n) is 11.0. The SMILES string of the molecule is COc1ccc(C2CC(C(=O)NCc3cccc(C)c3)NN2)cc1S(=O)(=O)N1CCOCC1. The number of ether oxygens (including phenoxy) is 2. The van der Waals surface area contributed by atoms with Crippen LogP contribution in [0.1, 0.15) is 29.2 Å². The third kappa shape index (κ3) is 5.36. The first-order chi connectivity index (χ1) is 15.9. The number of nitrogens with one attached hydrogen (secondary N) is 3. The number of morpholine rings is 1. The lowest BCUT2D eigenvalue weighted by Gasteiger charge is -2.27. The lowest BCUT2D eigenvalue weighted by molar-refractivity contribution is -0.123. The van der Waals surface area contributed by atoms with Gasteiger partial charge in [-0.1, -0.05) is 35.9 Å². The molecule has 2 atom stereocenters. The van der Waals surface area contributed by atoms with Crippen LogP contribution in [-0.2, 0) is 26.1 Å². The van der Waals surface area contributed by atoms with Crippen LogP contribution in [0.2, 0.25) is 0 Å². The molecule has 2 aliphatic heterocycles. The molecular weight excluding hydrogens is 444 g/mol. The molecule has 4 rings (SSSR count). The van der Waals surface area contributed by atoms with E-state index in [1.807, 2.05) is 37.3 Å². The Labute approximate surface area is 194 Å². The van der Waals surface area contributed by atoms with Gasteiger partial charge in [0.25, 0.3) is 0 Å². The molecule has 2 fully saturated rings. The number of benzene rings is 2. The van der Waals surface area contributed by atoms with Gasteiger partial charge in [0.05, 0.1) is 20.3 Å². The zero-order valence-corrected chi connectivity index (χ0v) is 19.7. The number of hydrazine groups is 1. The molecule has 2 aromatic carbocycles. The number of hydrogen-bond acceptors (Lipinski definition) is 7. The van der Waals surface area contributed by atoms with Gasteiger partial charge in [-0.2, -0.15) is 4.31 Å². The number of nitrogens with zero attached hydrogens (tertiary/aromatic N) is 1. The van der Waals surface area contributed by atoms with Crippen molar-refractivity contribution in [2.75, 3.05) is 33.4 Å². The molecule has 33 heavy (non-hydrogen) atoms. The smallest absolute Gasteiger partial charge is 0.246 e. The molecule has 0 spiro atoms. The third-order valence-electron chi connectivity index (χ3n) is 5.95. The van der Waals surface area contributed by atoms with E-state index in [1.165, 1.54) is 11.4 Å².